The lowest BCUT2D eigenvalue weighted by atomic mass is 10.0. The monoisotopic (exact) mass is 611 g/mol. The molecule has 1 aliphatic heterocycles. The van der Waals surface area contributed by atoms with Crippen LogP contribution in [0.25, 0.3) is 10.9 Å². The van der Waals surface area contributed by atoms with E-state index in [4.69, 9.17) is 16.3 Å². The molecule has 2 atom stereocenters. The Hall–Kier alpha value is -4.14. The van der Waals surface area contributed by atoms with Gasteiger partial charge in [0.05, 0.1) is 5.52 Å². The molecule has 3 aromatic carbocycles. The van der Waals surface area contributed by atoms with Crippen molar-refractivity contribution in [1.29, 1.82) is 0 Å². The van der Waals surface area contributed by atoms with Crippen LogP contribution >= 0.6 is 11.6 Å². The van der Waals surface area contributed by atoms with E-state index in [0.29, 0.717) is 43.4 Å². The number of rotatable bonds is 10. The number of fused-ring (bicyclic) bond motifs is 1. The van der Waals surface area contributed by atoms with E-state index >= 15 is 0 Å². The van der Waals surface area contributed by atoms with Gasteiger partial charge in [0, 0.05) is 60.9 Å². The zero-order chi connectivity index (χ0) is 30.5. The Morgan fingerprint density at radius 3 is 2.52 bits per heavy atom. The molecule has 1 aliphatic carbocycles. The Morgan fingerprint density at radius 2 is 1.75 bits per heavy atom. The van der Waals surface area contributed by atoms with Crippen molar-refractivity contribution in [3.05, 3.63) is 101 Å². The highest BCUT2D eigenvalue weighted by atomic mass is 35.5. The number of carbonyl (C=O) groups excluding carboxylic acids is 2. The summed E-state index contributed by atoms with van der Waals surface area (Å²) in [5, 5.41) is 8.02. The molecule has 0 radical (unpaired) electrons. The van der Waals surface area contributed by atoms with Crippen LogP contribution in [-0.4, -0.2) is 60.6 Å². The van der Waals surface area contributed by atoms with Gasteiger partial charge in [-0.1, -0.05) is 48.0 Å². The minimum Gasteiger partial charge on any atom is -0.410 e. The summed E-state index contributed by atoms with van der Waals surface area (Å²) in [6.45, 7) is 5.82. The average Bonchev–Trinajstić information content (AvgIpc) is 3.89. The number of nitrogens with one attached hydrogen (secondary N) is 2. The fraction of sp³-hybridized carbons (Fsp3) is 0.343. The van der Waals surface area contributed by atoms with E-state index in [0.717, 1.165) is 28.9 Å². The molecule has 2 amide bonds. The first-order valence-corrected chi connectivity index (χ1v) is 15.7. The number of amides is 2. The van der Waals surface area contributed by atoms with Gasteiger partial charge in [-0.3, -0.25) is 9.78 Å². The quantitative estimate of drug-likeness (QED) is 0.229. The summed E-state index contributed by atoms with van der Waals surface area (Å²) < 4.78 is 5.61. The van der Waals surface area contributed by atoms with Gasteiger partial charge < -0.3 is 25.2 Å². The lowest BCUT2D eigenvalue weighted by molar-refractivity contribution is -0.133. The molecule has 2 aliphatic rings. The van der Waals surface area contributed by atoms with Gasteiger partial charge in [-0.05, 0) is 85.8 Å². The summed E-state index contributed by atoms with van der Waals surface area (Å²) in [4.78, 5) is 35.5. The SMILES string of the molecule is CC(NCC1CC1)c1ccccc1N1CCN(C(=O)C(Cc2ccc(Cl)cc2)NC(=O)Oc2ccc3ncccc3c2)CC1. The maximum Gasteiger partial charge on any atom is 0.413 e. The molecule has 6 rings (SSSR count). The van der Waals surface area contributed by atoms with E-state index in [1.807, 2.05) is 29.2 Å². The van der Waals surface area contributed by atoms with Gasteiger partial charge in [0.25, 0.3) is 0 Å². The number of hydrogen-bond acceptors (Lipinski definition) is 6. The summed E-state index contributed by atoms with van der Waals surface area (Å²) in [5.74, 6) is 1.07. The Bertz CT molecular complexity index is 1600. The van der Waals surface area contributed by atoms with E-state index in [1.54, 1.807) is 36.5 Å². The van der Waals surface area contributed by atoms with Gasteiger partial charge in [0.1, 0.15) is 11.8 Å². The van der Waals surface area contributed by atoms with Crippen molar-refractivity contribution in [2.24, 2.45) is 5.92 Å². The van der Waals surface area contributed by atoms with E-state index in [-0.39, 0.29) is 11.9 Å². The number of aromatic nitrogens is 1. The van der Waals surface area contributed by atoms with E-state index in [2.05, 4.69) is 51.7 Å². The van der Waals surface area contributed by atoms with Gasteiger partial charge in [0.15, 0.2) is 0 Å². The van der Waals surface area contributed by atoms with Gasteiger partial charge in [-0.25, -0.2) is 4.79 Å². The molecule has 1 aromatic heterocycles. The Labute approximate surface area is 263 Å². The predicted molar refractivity (Wildman–Crippen MR) is 174 cm³/mol. The number of anilines is 1. The Balaban J connectivity index is 1.12. The van der Waals surface area contributed by atoms with Gasteiger partial charge >= 0.3 is 6.09 Å². The van der Waals surface area contributed by atoms with Crippen molar-refractivity contribution in [3.63, 3.8) is 0 Å². The number of benzene rings is 3. The van der Waals surface area contributed by atoms with Crippen molar-refractivity contribution < 1.29 is 14.3 Å². The molecule has 4 aromatic rings. The molecular weight excluding hydrogens is 574 g/mol. The van der Waals surface area contributed by atoms with Crippen molar-refractivity contribution in [3.8, 4) is 5.75 Å². The van der Waals surface area contributed by atoms with Crippen LogP contribution in [0.2, 0.25) is 5.02 Å². The topological polar surface area (TPSA) is 86.8 Å². The first-order valence-electron chi connectivity index (χ1n) is 15.4. The lowest BCUT2D eigenvalue weighted by Gasteiger charge is -2.39. The fourth-order valence-corrected chi connectivity index (χ4v) is 5.88. The third-order valence-electron chi connectivity index (χ3n) is 8.47. The summed E-state index contributed by atoms with van der Waals surface area (Å²) in [7, 11) is 0. The van der Waals surface area contributed by atoms with Crippen molar-refractivity contribution in [1.82, 2.24) is 20.5 Å². The second-order valence-electron chi connectivity index (χ2n) is 11.7. The largest absolute Gasteiger partial charge is 0.413 e. The molecule has 1 saturated carbocycles. The molecule has 44 heavy (non-hydrogen) atoms. The van der Waals surface area contributed by atoms with Crippen LogP contribution in [0.15, 0.2) is 85.1 Å². The number of hydrogen-bond donors (Lipinski definition) is 2. The number of nitrogens with zero attached hydrogens (tertiary/aromatic N) is 3. The molecule has 228 valence electrons. The van der Waals surface area contributed by atoms with Crippen molar-refractivity contribution in [2.75, 3.05) is 37.6 Å². The number of pyridine rings is 1. The van der Waals surface area contributed by atoms with Crippen LogP contribution in [0.4, 0.5) is 10.5 Å². The van der Waals surface area contributed by atoms with Crippen molar-refractivity contribution in [2.45, 2.75) is 38.3 Å². The van der Waals surface area contributed by atoms with Crippen molar-refractivity contribution >= 4 is 40.2 Å². The molecular formula is C35H38ClN5O3. The Morgan fingerprint density at radius 1 is 0.977 bits per heavy atom. The van der Waals surface area contributed by atoms with Crippen LogP contribution in [0.1, 0.15) is 36.9 Å². The number of ether oxygens (including phenoxy) is 1. The molecule has 0 bridgehead atoms. The second-order valence-corrected chi connectivity index (χ2v) is 12.2. The molecule has 2 N–H and O–H groups in total. The minimum atomic E-state index is -0.795. The maximum absolute atomic E-state index is 13.9. The molecule has 2 unspecified atom stereocenters. The van der Waals surface area contributed by atoms with E-state index in [1.165, 1.54) is 24.1 Å². The number of para-hydroxylation sites is 1. The smallest absolute Gasteiger partial charge is 0.410 e. The molecule has 8 nitrogen and oxygen atoms in total. The standard InChI is InChI=1S/C35H38ClN5O3/c1-24(38-23-26-8-9-26)30-6-2-3-7-33(30)40-17-19-41(20-18-40)34(42)32(21-25-10-12-28(36)13-11-25)39-35(43)44-29-14-15-31-27(22-29)5-4-16-37-31/h2-7,10-16,22,24,26,32,38H,8-9,17-21,23H2,1H3,(H,39,43). The normalized spacial score (nSPS) is 16.4. The minimum absolute atomic E-state index is 0.132. The first kappa shape index (κ1) is 29.9. The highest BCUT2D eigenvalue weighted by molar-refractivity contribution is 6.30. The van der Waals surface area contributed by atoms with Gasteiger partial charge in [0.2, 0.25) is 5.91 Å². The van der Waals surface area contributed by atoms with Crippen LogP contribution < -0.4 is 20.3 Å². The van der Waals surface area contributed by atoms with Crippen LogP contribution in [0.5, 0.6) is 5.75 Å². The lowest BCUT2D eigenvalue weighted by Crippen LogP contribution is -2.56. The zero-order valence-corrected chi connectivity index (χ0v) is 25.7. The molecule has 0 spiro atoms. The molecule has 2 heterocycles. The van der Waals surface area contributed by atoms with E-state index in [9.17, 15) is 9.59 Å². The third-order valence-corrected chi connectivity index (χ3v) is 8.73. The highest BCUT2D eigenvalue weighted by Crippen LogP contribution is 2.31. The molecule has 2 fully saturated rings. The summed E-state index contributed by atoms with van der Waals surface area (Å²) in [5.41, 5.74) is 4.19. The van der Waals surface area contributed by atoms with E-state index < -0.39 is 12.1 Å². The second kappa shape index (κ2) is 13.7. The third kappa shape index (κ3) is 7.49. The maximum atomic E-state index is 13.9. The summed E-state index contributed by atoms with van der Waals surface area (Å²) >= 11 is 6.10. The fourth-order valence-electron chi connectivity index (χ4n) is 5.76. The van der Waals surface area contributed by atoms with Crippen LogP contribution in [0.3, 0.4) is 0 Å². The Kier molecular flexibility index (Phi) is 9.28. The first-order chi connectivity index (χ1) is 21.4. The predicted octanol–water partition coefficient (Wildman–Crippen LogP) is 6.00. The van der Waals surface area contributed by atoms with Crippen LogP contribution in [-0.2, 0) is 11.2 Å². The molecule has 1 saturated heterocycles. The van der Waals surface area contributed by atoms with Gasteiger partial charge in [-0.2, -0.15) is 0 Å². The van der Waals surface area contributed by atoms with Gasteiger partial charge in [-0.15, -0.1) is 0 Å². The average molecular weight is 612 g/mol. The molecule has 9 heteroatoms. The summed E-state index contributed by atoms with van der Waals surface area (Å²) in [6.07, 6.45) is 4.00. The summed E-state index contributed by atoms with van der Waals surface area (Å²) in [6, 6.07) is 24.3. The number of halogens is 1. The highest BCUT2D eigenvalue weighted by Gasteiger charge is 2.30. The zero-order valence-electron chi connectivity index (χ0n) is 24.9. The van der Waals surface area contributed by atoms with Crippen LogP contribution in [0, 0.1) is 5.92 Å². The number of piperazine rings is 1. The number of carbonyl (C=O) groups is 2.